The second-order valence-electron chi connectivity index (χ2n) is 9.64. The van der Waals surface area contributed by atoms with Crippen LogP contribution < -0.4 is 10.0 Å². The Hall–Kier alpha value is -2.87. The van der Waals surface area contributed by atoms with Crippen molar-refractivity contribution in [3.05, 3.63) is 58.7 Å². The highest BCUT2D eigenvalue weighted by Gasteiger charge is 2.29. The summed E-state index contributed by atoms with van der Waals surface area (Å²) in [6.07, 6.45) is 1.51. The van der Waals surface area contributed by atoms with Crippen LogP contribution in [0.25, 0.3) is 0 Å². The van der Waals surface area contributed by atoms with E-state index in [4.69, 9.17) is 0 Å². The average molecular weight is 486 g/mol. The van der Waals surface area contributed by atoms with Crippen molar-refractivity contribution in [3.63, 3.8) is 0 Å². The number of aryl methyl sites for hydroxylation is 3. The van der Waals surface area contributed by atoms with Crippen molar-refractivity contribution in [1.29, 1.82) is 0 Å². The summed E-state index contributed by atoms with van der Waals surface area (Å²) in [4.78, 5) is 27.6. The standard InChI is InChI=1S/C26H35N3O4S/c1-17(2)15-27-25(30)22-9-7-11-29(16-22)26(31)21-8-6-10-23(14-21)28-34(32,33)24-19(4)12-18(3)13-20(24)5/h6,8,10,12-14,17,22,28H,7,9,11,15-16H2,1-5H3,(H,27,30). The van der Waals surface area contributed by atoms with Crippen molar-refractivity contribution in [1.82, 2.24) is 10.2 Å². The number of sulfonamides is 1. The second kappa shape index (κ2) is 10.6. The Kier molecular flexibility index (Phi) is 8.02. The Morgan fingerprint density at radius 1 is 1.09 bits per heavy atom. The van der Waals surface area contributed by atoms with E-state index in [2.05, 4.69) is 10.0 Å². The minimum atomic E-state index is -3.82. The molecule has 1 atom stereocenters. The fraction of sp³-hybridized carbons (Fsp3) is 0.462. The molecule has 0 spiro atoms. The number of rotatable bonds is 7. The maximum absolute atomic E-state index is 13.2. The van der Waals surface area contributed by atoms with Gasteiger partial charge in [0.15, 0.2) is 0 Å². The molecule has 7 nitrogen and oxygen atoms in total. The van der Waals surface area contributed by atoms with Gasteiger partial charge in [-0.15, -0.1) is 0 Å². The van der Waals surface area contributed by atoms with Crippen LogP contribution in [0.4, 0.5) is 5.69 Å². The second-order valence-corrected chi connectivity index (χ2v) is 11.3. The van der Waals surface area contributed by atoms with Crippen LogP contribution in [0.15, 0.2) is 41.3 Å². The first-order chi connectivity index (χ1) is 16.0. The number of anilines is 1. The zero-order valence-corrected chi connectivity index (χ0v) is 21.5. The monoisotopic (exact) mass is 485 g/mol. The lowest BCUT2D eigenvalue weighted by Gasteiger charge is -2.32. The number of carbonyl (C=O) groups is 2. The largest absolute Gasteiger partial charge is 0.356 e. The van der Waals surface area contributed by atoms with Crippen molar-refractivity contribution >= 4 is 27.5 Å². The Morgan fingerprint density at radius 2 is 1.76 bits per heavy atom. The summed E-state index contributed by atoms with van der Waals surface area (Å²) in [6.45, 7) is 11.1. The highest BCUT2D eigenvalue weighted by atomic mass is 32.2. The van der Waals surface area contributed by atoms with E-state index in [9.17, 15) is 18.0 Å². The molecule has 8 heteroatoms. The van der Waals surface area contributed by atoms with E-state index in [0.717, 1.165) is 18.4 Å². The van der Waals surface area contributed by atoms with Crippen molar-refractivity contribution in [2.24, 2.45) is 11.8 Å². The molecule has 2 aromatic rings. The molecule has 0 aliphatic carbocycles. The highest BCUT2D eigenvalue weighted by Crippen LogP contribution is 2.25. The lowest BCUT2D eigenvalue weighted by atomic mass is 9.96. The summed E-state index contributed by atoms with van der Waals surface area (Å²) in [6, 6.07) is 10.2. The zero-order chi connectivity index (χ0) is 25.0. The fourth-order valence-corrected chi connectivity index (χ4v) is 6.02. The van der Waals surface area contributed by atoms with Crippen molar-refractivity contribution < 1.29 is 18.0 Å². The quantitative estimate of drug-likeness (QED) is 0.619. The summed E-state index contributed by atoms with van der Waals surface area (Å²) < 4.78 is 28.9. The normalized spacial score (nSPS) is 16.4. The van der Waals surface area contributed by atoms with E-state index in [1.165, 1.54) is 0 Å². The van der Waals surface area contributed by atoms with E-state index in [0.29, 0.717) is 47.9 Å². The number of hydrogen-bond acceptors (Lipinski definition) is 4. The predicted molar refractivity (Wildman–Crippen MR) is 134 cm³/mol. The molecule has 0 saturated carbocycles. The van der Waals surface area contributed by atoms with Crippen molar-refractivity contribution in [3.8, 4) is 0 Å². The van der Waals surface area contributed by atoms with E-state index >= 15 is 0 Å². The topological polar surface area (TPSA) is 95.6 Å². The number of likely N-dealkylation sites (tertiary alicyclic amines) is 1. The third-order valence-corrected chi connectivity index (χ3v) is 7.68. The number of amides is 2. The molecule has 1 heterocycles. The minimum Gasteiger partial charge on any atom is -0.356 e. The third-order valence-electron chi connectivity index (χ3n) is 6.00. The third kappa shape index (κ3) is 6.17. The van der Waals surface area contributed by atoms with E-state index in [1.54, 1.807) is 43.0 Å². The van der Waals surface area contributed by atoms with E-state index in [1.807, 2.05) is 32.9 Å². The molecular weight excluding hydrogens is 450 g/mol. The number of benzene rings is 2. The van der Waals surface area contributed by atoms with Crippen molar-refractivity contribution in [2.75, 3.05) is 24.4 Å². The molecule has 0 aromatic heterocycles. The van der Waals surface area contributed by atoms with Gasteiger partial charge in [0, 0.05) is 30.9 Å². The lowest BCUT2D eigenvalue weighted by Crippen LogP contribution is -2.46. The molecule has 1 unspecified atom stereocenters. The Bertz CT molecular complexity index is 1150. The van der Waals surface area contributed by atoms with E-state index < -0.39 is 10.0 Å². The van der Waals surface area contributed by atoms with Gasteiger partial charge >= 0.3 is 0 Å². The van der Waals surface area contributed by atoms with Gasteiger partial charge in [-0.1, -0.05) is 37.6 Å². The fourth-order valence-electron chi connectivity index (χ4n) is 4.52. The summed E-state index contributed by atoms with van der Waals surface area (Å²) in [5.74, 6) is -0.0865. The lowest BCUT2D eigenvalue weighted by molar-refractivity contribution is -0.126. The van der Waals surface area contributed by atoms with Crippen LogP contribution in [0.3, 0.4) is 0 Å². The summed E-state index contributed by atoms with van der Waals surface area (Å²) in [7, 11) is -3.82. The molecule has 184 valence electrons. The summed E-state index contributed by atoms with van der Waals surface area (Å²) in [5.41, 5.74) is 3.06. The Labute approximate surface area is 203 Å². The molecule has 2 N–H and O–H groups in total. The molecular formula is C26H35N3O4S. The molecule has 3 rings (SSSR count). The van der Waals surface area contributed by atoms with Crippen LogP contribution in [0.2, 0.25) is 0 Å². The van der Waals surface area contributed by atoms with Crippen LogP contribution in [0.1, 0.15) is 53.7 Å². The Balaban J connectivity index is 1.75. The zero-order valence-electron chi connectivity index (χ0n) is 20.6. The number of hydrogen-bond donors (Lipinski definition) is 2. The molecule has 2 amide bonds. The molecule has 0 bridgehead atoms. The van der Waals surface area contributed by atoms with Crippen LogP contribution in [0.5, 0.6) is 0 Å². The van der Waals surface area contributed by atoms with Crippen LogP contribution in [-0.2, 0) is 14.8 Å². The SMILES string of the molecule is Cc1cc(C)c(S(=O)(=O)Nc2cccc(C(=O)N3CCCC(C(=O)NCC(C)C)C3)c2)c(C)c1. The van der Waals surface area contributed by atoms with Gasteiger partial charge in [-0.3, -0.25) is 14.3 Å². The maximum Gasteiger partial charge on any atom is 0.262 e. The van der Waals surface area contributed by atoms with Gasteiger partial charge in [0.05, 0.1) is 10.8 Å². The smallest absolute Gasteiger partial charge is 0.262 e. The molecule has 34 heavy (non-hydrogen) atoms. The Morgan fingerprint density at radius 3 is 2.41 bits per heavy atom. The van der Waals surface area contributed by atoms with Gasteiger partial charge in [-0.05, 0) is 68.9 Å². The summed E-state index contributed by atoms with van der Waals surface area (Å²) >= 11 is 0. The molecule has 1 fully saturated rings. The maximum atomic E-state index is 13.2. The van der Waals surface area contributed by atoms with E-state index in [-0.39, 0.29) is 22.6 Å². The first-order valence-electron chi connectivity index (χ1n) is 11.8. The van der Waals surface area contributed by atoms with Gasteiger partial charge in [0.2, 0.25) is 5.91 Å². The van der Waals surface area contributed by atoms with Gasteiger partial charge in [0.1, 0.15) is 0 Å². The molecule has 1 saturated heterocycles. The highest BCUT2D eigenvalue weighted by molar-refractivity contribution is 7.92. The number of carbonyl (C=O) groups excluding carboxylic acids is 2. The predicted octanol–water partition coefficient (Wildman–Crippen LogP) is 4.04. The number of nitrogens with zero attached hydrogens (tertiary/aromatic N) is 1. The molecule has 1 aliphatic rings. The van der Waals surface area contributed by atoms with Gasteiger partial charge < -0.3 is 10.2 Å². The number of piperidine rings is 1. The van der Waals surface area contributed by atoms with Crippen LogP contribution in [0, 0.1) is 32.6 Å². The first-order valence-corrected chi connectivity index (χ1v) is 13.2. The van der Waals surface area contributed by atoms with Crippen LogP contribution >= 0.6 is 0 Å². The first kappa shape index (κ1) is 25.7. The molecule has 1 aliphatic heterocycles. The van der Waals surface area contributed by atoms with Gasteiger partial charge in [-0.2, -0.15) is 0 Å². The minimum absolute atomic E-state index is 0.0171. The number of nitrogens with one attached hydrogen (secondary N) is 2. The molecule has 2 aromatic carbocycles. The average Bonchev–Trinajstić information content (AvgIpc) is 2.75. The summed E-state index contributed by atoms with van der Waals surface area (Å²) in [5, 5.41) is 2.96. The van der Waals surface area contributed by atoms with Gasteiger partial charge in [-0.25, -0.2) is 8.42 Å². The van der Waals surface area contributed by atoms with Crippen molar-refractivity contribution in [2.45, 2.75) is 52.4 Å². The van der Waals surface area contributed by atoms with Gasteiger partial charge in [0.25, 0.3) is 15.9 Å². The van der Waals surface area contributed by atoms with Crippen LogP contribution in [-0.4, -0.2) is 44.8 Å². The molecule has 0 radical (unpaired) electrons.